The van der Waals surface area contributed by atoms with E-state index in [1.54, 1.807) is 0 Å². The second-order valence-corrected chi connectivity index (χ2v) is 4.83. The van der Waals surface area contributed by atoms with Crippen LogP contribution in [0.2, 0.25) is 0 Å². The maximum atomic E-state index is 5.68. The molecule has 0 aliphatic carbocycles. The molecule has 0 aliphatic rings. The highest BCUT2D eigenvalue weighted by Gasteiger charge is 2.12. The zero-order chi connectivity index (χ0) is 13.1. The van der Waals surface area contributed by atoms with Crippen LogP contribution in [-0.4, -0.2) is 9.78 Å². The highest BCUT2D eigenvalue weighted by atomic mass is 15.3. The summed E-state index contributed by atoms with van der Waals surface area (Å²) < 4.78 is 1.81. The molecule has 1 aromatic heterocycles. The Balaban J connectivity index is 2.22. The first-order chi connectivity index (χ1) is 8.58. The maximum absolute atomic E-state index is 5.68. The van der Waals surface area contributed by atoms with Gasteiger partial charge in [0, 0.05) is 19.7 Å². The van der Waals surface area contributed by atoms with Crippen molar-refractivity contribution in [3.8, 4) is 0 Å². The zero-order valence-corrected chi connectivity index (χ0v) is 11.1. The molecule has 0 aliphatic heterocycles. The van der Waals surface area contributed by atoms with Gasteiger partial charge in [-0.3, -0.25) is 16.0 Å². The molecule has 2 rings (SSSR count). The van der Waals surface area contributed by atoms with Gasteiger partial charge in [0.1, 0.15) is 0 Å². The summed E-state index contributed by atoms with van der Waals surface area (Å²) in [5.74, 6) is 5.68. The van der Waals surface area contributed by atoms with Gasteiger partial charge in [-0.25, -0.2) is 0 Å². The number of nitrogens with two attached hydrogens (primary N) is 1. The lowest BCUT2D eigenvalue weighted by Crippen LogP contribution is -2.29. The Morgan fingerprint density at radius 1 is 1.28 bits per heavy atom. The summed E-state index contributed by atoms with van der Waals surface area (Å²) >= 11 is 0. The van der Waals surface area contributed by atoms with E-state index in [1.165, 1.54) is 16.7 Å². The molecule has 18 heavy (non-hydrogen) atoms. The van der Waals surface area contributed by atoms with E-state index in [2.05, 4.69) is 42.6 Å². The number of nitrogens with zero attached hydrogens (tertiary/aromatic N) is 2. The monoisotopic (exact) mass is 244 g/mol. The van der Waals surface area contributed by atoms with Crippen LogP contribution in [0.4, 0.5) is 0 Å². The number of benzene rings is 1. The van der Waals surface area contributed by atoms with Gasteiger partial charge in [0.2, 0.25) is 0 Å². The summed E-state index contributed by atoms with van der Waals surface area (Å²) in [6.07, 6.45) is 2.74. The third kappa shape index (κ3) is 2.97. The minimum atomic E-state index is 0.0958. The van der Waals surface area contributed by atoms with E-state index < -0.39 is 0 Å². The topological polar surface area (TPSA) is 55.9 Å². The van der Waals surface area contributed by atoms with E-state index >= 15 is 0 Å². The number of hydrogen-bond acceptors (Lipinski definition) is 3. The van der Waals surface area contributed by atoms with E-state index in [-0.39, 0.29) is 6.04 Å². The standard InChI is InChI=1S/C14H20N4/c1-10-6-11(2)8-12(7-10)14(16-15)9-13-4-5-18(3)17-13/h4-8,14,16H,9,15H2,1-3H3. The Bertz CT molecular complexity index is 510. The molecule has 0 bridgehead atoms. The van der Waals surface area contributed by atoms with Crippen LogP contribution in [0.1, 0.15) is 28.4 Å². The molecule has 96 valence electrons. The molecule has 4 nitrogen and oxygen atoms in total. The molecule has 0 fully saturated rings. The van der Waals surface area contributed by atoms with Gasteiger partial charge >= 0.3 is 0 Å². The van der Waals surface area contributed by atoms with Gasteiger partial charge in [-0.2, -0.15) is 5.10 Å². The Morgan fingerprint density at radius 3 is 2.44 bits per heavy atom. The third-order valence-corrected chi connectivity index (χ3v) is 3.03. The van der Waals surface area contributed by atoms with Gasteiger partial charge in [0.05, 0.1) is 11.7 Å². The van der Waals surface area contributed by atoms with Gasteiger partial charge in [0.15, 0.2) is 0 Å². The second-order valence-electron chi connectivity index (χ2n) is 4.83. The fraction of sp³-hybridized carbons (Fsp3) is 0.357. The molecule has 3 N–H and O–H groups in total. The minimum absolute atomic E-state index is 0.0958. The lowest BCUT2D eigenvalue weighted by atomic mass is 9.98. The van der Waals surface area contributed by atoms with Gasteiger partial charge in [0.25, 0.3) is 0 Å². The predicted octanol–water partition coefficient (Wildman–Crippen LogP) is 1.78. The fourth-order valence-corrected chi connectivity index (χ4v) is 2.27. The fourth-order valence-electron chi connectivity index (χ4n) is 2.27. The molecule has 0 spiro atoms. The number of aromatic nitrogens is 2. The Morgan fingerprint density at radius 2 is 1.94 bits per heavy atom. The summed E-state index contributed by atoms with van der Waals surface area (Å²) in [6.45, 7) is 4.20. The van der Waals surface area contributed by atoms with E-state index in [1.807, 2.05) is 24.0 Å². The van der Waals surface area contributed by atoms with Crippen LogP contribution >= 0.6 is 0 Å². The van der Waals surface area contributed by atoms with E-state index in [0.717, 1.165) is 12.1 Å². The maximum Gasteiger partial charge on any atom is 0.0643 e. The molecule has 1 aromatic carbocycles. The van der Waals surface area contributed by atoms with E-state index in [0.29, 0.717) is 0 Å². The molecule has 1 unspecified atom stereocenters. The van der Waals surface area contributed by atoms with Crippen molar-refractivity contribution in [2.45, 2.75) is 26.3 Å². The molecule has 2 aromatic rings. The Hall–Kier alpha value is -1.65. The molecule has 0 amide bonds. The molecular formula is C14H20N4. The highest BCUT2D eigenvalue weighted by Crippen LogP contribution is 2.19. The van der Waals surface area contributed by atoms with Crippen molar-refractivity contribution in [1.82, 2.24) is 15.2 Å². The summed E-state index contributed by atoms with van der Waals surface area (Å²) in [4.78, 5) is 0. The van der Waals surface area contributed by atoms with Gasteiger partial charge < -0.3 is 0 Å². The molecule has 0 saturated carbocycles. The molecule has 1 heterocycles. The number of rotatable bonds is 4. The third-order valence-electron chi connectivity index (χ3n) is 3.03. The van der Waals surface area contributed by atoms with Crippen molar-refractivity contribution in [2.75, 3.05) is 0 Å². The first-order valence-electron chi connectivity index (χ1n) is 6.11. The number of hydrogen-bond donors (Lipinski definition) is 2. The van der Waals surface area contributed by atoms with E-state index in [4.69, 9.17) is 5.84 Å². The molecule has 0 radical (unpaired) electrons. The normalized spacial score (nSPS) is 12.7. The molecule has 0 saturated heterocycles. The quantitative estimate of drug-likeness (QED) is 0.637. The average Bonchev–Trinajstić information content (AvgIpc) is 2.70. The van der Waals surface area contributed by atoms with Crippen molar-refractivity contribution >= 4 is 0 Å². The van der Waals surface area contributed by atoms with Crippen LogP contribution in [0.15, 0.2) is 30.5 Å². The number of hydrazine groups is 1. The van der Waals surface area contributed by atoms with Crippen LogP contribution in [0, 0.1) is 13.8 Å². The first kappa shape index (κ1) is 12.8. The average molecular weight is 244 g/mol. The van der Waals surface area contributed by atoms with Crippen LogP contribution in [-0.2, 0) is 13.5 Å². The lowest BCUT2D eigenvalue weighted by molar-refractivity contribution is 0.541. The van der Waals surface area contributed by atoms with Crippen molar-refractivity contribution in [3.05, 3.63) is 52.8 Å². The highest BCUT2D eigenvalue weighted by molar-refractivity contribution is 5.31. The molecule has 4 heteroatoms. The summed E-state index contributed by atoms with van der Waals surface area (Å²) in [6, 6.07) is 8.62. The largest absolute Gasteiger partial charge is 0.276 e. The van der Waals surface area contributed by atoms with Crippen LogP contribution in [0.5, 0.6) is 0 Å². The Kier molecular flexibility index (Phi) is 3.79. The van der Waals surface area contributed by atoms with Crippen molar-refractivity contribution < 1.29 is 0 Å². The molecule has 1 atom stereocenters. The van der Waals surface area contributed by atoms with Crippen LogP contribution in [0.3, 0.4) is 0 Å². The smallest absolute Gasteiger partial charge is 0.0643 e. The lowest BCUT2D eigenvalue weighted by Gasteiger charge is -2.16. The predicted molar refractivity (Wildman–Crippen MR) is 72.9 cm³/mol. The zero-order valence-electron chi connectivity index (χ0n) is 11.1. The molecular weight excluding hydrogens is 224 g/mol. The SMILES string of the molecule is Cc1cc(C)cc(C(Cc2ccn(C)n2)NN)c1. The van der Waals surface area contributed by atoms with Crippen LogP contribution in [0.25, 0.3) is 0 Å². The van der Waals surface area contributed by atoms with Crippen molar-refractivity contribution in [1.29, 1.82) is 0 Å². The van der Waals surface area contributed by atoms with Gasteiger partial charge in [-0.1, -0.05) is 29.3 Å². The van der Waals surface area contributed by atoms with Crippen molar-refractivity contribution in [2.24, 2.45) is 12.9 Å². The summed E-state index contributed by atoms with van der Waals surface area (Å²) in [7, 11) is 1.92. The minimum Gasteiger partial charge on any atom is -0.276 e. The Labute approximate surface area is 108 Å². The van der Waals surface area contributed by atoms with E-state index in [9.17, 15) is 0 Å². The van der Waals surface area contributed by atoms with Crippen molar-refractivity contribution in [3.63, 3.8) is 0 Å². The van der Waals surface area contributed by atoms with Crippen LogP contribution < -0.4 is 11.3 Å². The first-order valence-corrected chi connectivity index (χ1v) is 6.11. The van der Waals surface area contributed by atoms with Gasteiger partial charge in [-0.05, 0) is 25.5 Å². The summed E-state index contributed by atoms with van der Waals surface area (Å²) in [5.41, 5.74) is 7.64. The summed E-state index contributed by atoms with van der Waals surface area (Å²) in [5, 5.41) is 4.39. The second kappa shape index (κ2) is 5.33. The van der Waals surface area contributed by atoms with Gasteiger partial charge in [-0.15, -0.1) is 0 Å². The number of aryl methyl sites for hydroxylation is 3. The number of nitrogens with one attached hydrogen (secondary N) is 1.